The van der Waals surface area contributed by atoms with E-state index in [1.165, 1.54) is 22.5 Å². The van der Waals surface area contributed by atoms with Gasteiger partial charge >= 0.3 is 0 Å². The number of thioether (sulfide) groups is 1. The number of fused-ring (bicyclic) bond motifs is 1. The van der Waals surface area contributed by atoms with Gasteiger partial charge in [0.05, 0.1) is 12.8 Å². The minimum Gasteiger partial charge on any atom is -0.467 e. The summed E-state index contributed by atoms with van der Waals surface area (Å²) in [6.07, 6.45) is 1.88. The van der Waals surface area contributed by atoms with Crippen LogP contribution in [0.2, 0.25) is 0 Å². The number of aliphatic hydroxyl groups is 3. The highest BCUT2D eigenvalue weighted by Gasteiger charge is 2.36. The zero-order valence-electron chi connectivity index (χ0n) is 15.7. The van der Waals surface area contributed by atoms with Gasteiger partial charge in [-0.1, -0.05) is 36.1 Å². The molecule has 0 aromatic carbocycles. The number of rotatable bonds is 7. The summed E-state index contributed by atoms with van der Waals surface area (Å²) in [5.41, 5.74) is 0.872. The number of nitrogens with one attached hydrogen (secondary N) is 1. The fourth-order valence-electron chi connectivity index (χ4n) is 3.06. The third-order valence-corrected chi connectivity index (χ3v) is 5.64. The van der Waals surface area contributed by atoms with Gasteiger partial charge in [-0.05, 0) is 18.6 Å². The Morgan fingerprint density at radius 1 is 1.21 bits per heavy atom. The third-order valence-electron chi connectivity index (χ3n) is 4.59. The van der Waals surface area contributed by atoms with Crippen LogP contribution in [0.3, 0.4) is 0 Å². The van der Waals surface area contributed by atoms with Crippen LogP contribution in [0.4, 0.5) is 5.82 Å². The molecule has 3 heterocycles. The first-order valence-electron chi connectivity index (χ1n) is 9.33. The van der Waals surface area contributed by atoms with Gasteiger partial charge in [-0.25, -0.2) is 14.6 Å². The van der Waals surface area contributed by atoms with Gasteiger partial charge in [-0.15, -0.1) is 5.10 Å². The number of furan rings is 1. The van der Waals surface area contributed by atoms with Gasteiger partial charge in [0.1, 0.15) is 30.1 Å². The van der Waals surface area contributed by atoms with Crippen molar-refractivity contribution in [2.75, 3.05) is 11.1 Å². The number of anilines is 1. The second-order valence-corrected chi connectivity index (χ2v) is 7.75. The topological polar surface area (TPSA) is 142 Å². The predicted molar refractivity (Wildman–Crippen MR) is 106 cm³/mol. The maximum absolute atomic E-state index is 10.4. The van der Waals surface area contributed by atoms with Crippen molar-refractivity contribution in [3.05, 3.63) is 36.3 Å². The number of nitrogens with zero attached hydrogens (tertiary/aromatic N) is 5. The molecule has 154 valence electrons. The first kappa shape index (κ1) is 19.8. The van der Waals surface area contributed by atoms with E-state index in [0.717, 1.165) is 17.9 Å². The van der Waals surface area contributed by atoms with E-state index in [0.29, 0.717) is 28.7 Å². The Kier molecular flexibility index (Phi) is 5.81. The second-order valence-electron chi connectivity index (χ2n) is 6.69. The van der Waals surface area contributed by atoms with Gasteiger partial charge < -0.3 is 25.1 Å². The van der Waals surface area contributed by atoms with Crippen molar-refractivity contribution in [3.8, 4) is 0 Å². The number of aromatic nitrogens is 5. The van der Waals surface area contributed by atoms with E-state index in [-0.39, 0.29) is 0 Å². The molecule has 4 N–H and O–H groups in total. The highest BCUT2D eigenvalue weighted by molar-refractivity contribution is 7.99. The summed E-state index contributed by atoms with van der Waals surface area (Å²) in [6, 6.07) is 2.95. The highest BCUT2D eigenvalue weighted by Crippen LogP contribution is 2.29. The van der Waals surface area contributed by atoms with Gasteiger partial charge in [0.2, 0.25) is 0 Å². The Morgan fingerprint density at radius 2 is 2.07 bits per heavy atom. The van der Waals surface area contributed by atoms with Crippen LogP contribution in [-0.2, 0) is 6.54 Å². The van der Waals surface area contributed by atoms with Crippen LogP contribution in [-0.4, -0.2) is 64.3 Å². The van der Waals surface area contributed by atoms with Gasteiger partial charge in [0, 0.05) is 5.75 Å². The van der Waals surface area contributed by atoms with Gasteiger partial charge in [-0.3, -0.25) is 0 Å². The molecular formula is C18H22N6O4S. The zero-order chi connectivity index (χ0) is 20.4. The summed E-state index contributed by atoms with van der Waals surface area (Å²) < 4.78 is 6.80. The molecule has 0 aliphatic heterocycles. The lowest BCUT2D eigenvalue weighted by molar-refractivity contribution is -0.0636. The van der Waals surface area contributed by atoms with Crippen molar-refractivity contribution in [1.82, 2.24) is 25.0 Å². The minimum atomic E-state index is -1.32. The molecule has 0 amide bonds. The molecule has 0 radical (unpaired) electrons. The SMILES string of the molecule is CCCSc1nc(NCc2ccco2)c2nnn([C@@H]3C=C[C@H](O)[C@@H](O)[C@H]3O)c2n1. The summed E-state index contributed by atoms with van der Waals surface area (Å²) in [5.74, 6) is 2.10. The van der Waals surface area contributed by atoms with Crippen LogP contribution in [0.5, 0.6) is 0 Å². The molecular weight excluding hydrogens is 396 g/mol. The van der Waals surface area contributed by atoms with E-state index in [1.54, 1.807) is 12.3 Å². The molecule has 0 unspecified atom stereocenters. The first-order chi connectivity index (χ1) is 14.1. The summed E-state index contributed by atoms with van der Waals surface area (Å²) in [7, 11) is 0. The molecule has 0 saturated carbocycles. The van der Waals surface area contributed by atoms with E-state index in [4.69, 9.17) is 4.42 Å². The van der Waals surface area contributed by atoms with Crippen molar-refractivity contribution < 1.29 is 19.7 Å². The van der Waals surface area contributed by atoms with Crippen molar-refractivity contribution in [2.24, 2.45) is 0 Å². The van der Waals surface area contributed by atoms with E-state index < -0.39 is 24.4 Å². The predicted octanol–water partition coefficient (Wildman–Crippen LogP) is 1.12. The summed E-state index contributed by atoms with van der Waals surface area (Å²) in [5, 5.41) is 42.3. The Morgan fingerprint density at radius 3 is 2.83 bits per heavy atom. The fraction of sp³-hybridized carbons (Fsp3) is 0.444. The van der Waals surface area contributed by atoms with Crippen LogP contribution < -0.4 is 5.32 Å². The quantitative estimate of drug-likeness (QED) is 0.250. The number of hydrogen-bond acceptors (Lipinski definition) is 10. The molecule has 11 heteroatoms. The maximum Gasteiger partial charge on any atom is 0.191 e. The molecule has 10 nitrogen and oxygen atoms in total. The molecule has 0 bridgehead atoms. The number of hydrogen-bond donors (Lipinski definition) is 4. The molecule has 4 rings (SSSR count). The van der Waals surface area contributed by atoms with E-state index >= 15 is 0 Å². The molecule has 0 saturated heterocycles. The summed E-state index contributed by atoms with van der Waals surface area (Å²) in [4.78, 5) is 9.12. The van der Waals surface area contributed by atoms with Gasteiger partial charge in [0.15, 0.2) is 22.1 Å². The average molecular weight is 418 g/mol. The Hall–Kier alpha value is -2.47. The molecule has 1 aliphatic carbocycles. The van der Waals surface area contributed by atoms with Crippen LogP contribution >= 0.6 is 11.8 Å². The summed E-state index contributed by atoms with van der Waals surface area (Å²) >= 11 is 1.51. The maximum atomic E-state index is 10.4. The fourth-order valence-corrected chi connectivity index (χ4v) is 3.76. The van der Waals surface area contributed by atoms with Gasteiger partial charge in [0.25, 0.3) is 0 Å². The smallest absolute Gasteiger partial charge is 0.191 e. The Bertz CT molecular complexity index is 992. The molecule has 3 aromatic rings. The van der Waals surface area contributed by atoms with Crippen LogP contribution in [0.15, 0.2) is 40.1 Å². The van der Waals surface area contributed by atoms with E-state index in [2.05, 4.69) is 32.5 Å². The Labute approximate surface area is 170 Å². The molecule has 4 atom stereocenters. The lowest BCUT2D eigenvalue weighted by atomic mass is 9.94. The summed E-state index contributed by atoms with van der Waals surface area (Å²) in [6.45, 7) is 2.49. The van der Waals surface area contributed by atoms with Crippen molar-refractivity contribution in [1.29, 1.82) is 0 Å². The standard InChI is InChI=1S/C18H22N6O4S/c1-2-8-29-18-20-16(19-9-10-4-3-7-28-10)13-17(21-18)24(23-22-13)11-5-6-12(25)15(27)14(11)26/h3-7,11-12,14-15,25-27H,2,8-9H2,1H3,(H,19,20,21)/t11-,12+,14+,15-/m1/s1. The normalized spacial score (nSPS) is 24.3. The van der Waals surface area contributed by atoms with Crippen molar-refractivity contribution in [3.63, 3.8) is 0 Å². The molecule has 3 aromatic heterocycles. The molecule has 1 aliphatic rings. The molecule has 0 fully saturated rings. The van der Waals surface area contributed by atoms with E-state index in [1.807, 2.05) is 12.1 Å². The highest BCUT2D eigenvalue weighted by atomic mass is 32.2. The van der Waals surface area contributed by atoms with E-state index in [9.17, 15) is 15.3 Å². The monoisotopic (exact) mass is 418 g/mol. The van der Waals surface area contributed by atoms with Crippen LogP contribution in [0.1, 0.15) is 25.1 Å². The first-order valence-corrected chi connectivity index (χ1v) is 10.3. The number of aliphatic hydroxyl groups excluding tert-OH is 3. The molecule has 0 spiro atoms. The van der Waals surface area contributed by atoms with Crippen molar-refractivity contribution in [2.45, 2.75) is 49.4 Å². The van der Waals surface area contributed by atoms with Gasteiger partial charge in [-0.2, -0.15) is 0 Å². The zero-order valence-corrected chi connectivity index (χ0v) is 16.5. The van der Waals surface area contributed by atoms with Crippen LogP contribution in [0, 0.1) is 0 Å². The lowest BCUT2D eigenvalue weighted by Crippen LogP contribution is -2.44. The average Bonchev–Trinajstić information content (AvgIpc) is 3.39. The van der Waals surface area contributed by atoms with Crippen LogP contribution in [0.25, 0.3) is 11.2 Å². The lowest BCUT2D eigenvalue weighted by Gasteiger charge is -2.30. The minimum absolute atomic E-state index is 0.417. The van der Waals surface area contributed by atoms with Crippen molar-refractivity contribution >= 4 is 28.7 Å². The Balaban J connectivity index is 1.72. The largest absolute Gasteiger partial charge is 0.467 e. The molecule has 29 heavy (non-hydrogen) atoms. The third kappa shape index (κ3) is 3.99. The second kappa shape index (κ2) is 8.49.